The van der Waals surface area contributed by atoms with Gasteiger partial charge in [-0.15, -0.1) is 0 Å². The molecule has 1 saturated heterocycles. The van der Waals surface area contributed by atoms with Gasteiger partial charge in [0.05, 0.1) is 6.10 Å². The van der Waals surface area contributed by atoms with Crippen LogP contribution in [0.3, 0.4) is 0 Å². The molecule has 21 heavy (non-hydrogen) atoms. The molecule has 1 fully saturated rings. The van der Waals surface area contributed by atoms with Crippen LogP contribution in [-0.2, 0) is 0 Å². The monoisotopic (exact) mass is 299 g/mol. The van der Waals surface area contributed by atoms with Gasteiger partial charge in [0, 0.05) is 19.6 Å². The summed E-state index contributed by atoms with van der Waals surface area (Å²) in [5.41, 5.74) is -0.0865. The molecule has 0 aliphatic carbocycles. The number of aliphatic hydroxyl groups is 1. The second kappa shape index (κ2) is 8.59. The molecule has 124 valence electrons. The lowest BCUT2D eigenvalue weighted by molar-refractivity contribution is 0.128. The number of hydrogen-bond acceptors (Lipinski definition) is 3. The Morgan fingerprint density at radius 2 is 2.14 bits per heavy atom. The molecule has 5 nitrogen and oxygen atoms in total. The number of carbonyl (C=O) groups excluding carboxylic acids is 1. The summed E-state index contributed by atoms with van der Waals surface area (Å²) in [6, 6.07) is -0.0948. The molecular formula is C16H33N3O2. The van der Waals surface area contributed by atoms with E-state index in [0.29, 0.717) is 18.9 Å². The first-order valence-electron chi connectivity index (χ1n) is 8.24. The third-order valence-corrected chi connectivity index (χ3v) is 4.04. The van der Waals surface area contributed by atoms with E-state index in [1.54, 1.807) is 6.92 Å². The maximum absolute atomic E-state index is 11.8. The molecule has 1 rings (SSSR count). The van der Waals surface area contributed by atoms with Crippen molar-refractivity contribution >= 4 is 6.03 Å². The summed E-state index contributed by atoms with van der Waals surface area (Å²) in [6.45, 7) is 12.8. The standard InChI is InChI=1S/C16H33N3O2/c1-5-7-19-8-6-14(11-19)10-17-15(21)18-12-16(3,4)9-13(2)20/h13-14,20H,5-12H2,1-4H3,(H2,17,18,21). The number of amides is 2. The fourth-order valence-electron chi connectivity index (χ4n) is 3.09. The second-order valence-electron chi connectivity index (χ2n) is 7.24. The summed E-state index contributed by atoms with van der Waals surface area (Å²) in [5, 5.41) is 15.3. The second-order valence-corrected chi connectivity index (χ2v) is 7.24. The van der Waals surface area contributed by atoms with E-state index in [4.69, 9.17) is 0 Å². The zero-order valence-electron chi connectivity index (χ0n) is 14.1. The summed E-state index contributed by atoms with van der Waals surface area (Å²) in [5.74, 6) is 0.577. The third-order valence-electron chi connectivity index (χ3n) is 4.04. The maximum Gasteiger partial charge on any atom is 0.314 e. The lowest BCUT2D eigenvalue weighted by Crippen LogP contribution is -2.43. The molecule has 1 aliphatic rings. The van der Waals surface area contributed by atoms with Crippen LogP contribution in [0.5, 0.6) is 0 Å². The summed E-state index contributed by atoms with van der Waals surface area (Å²) in [6.07, 6.45) is 2.71. The topological polar surface area (TPSA) is 64.6 Å². The van der Waals surface area contributed by atoms with Crippen LogP contribution in [0.2, 0.25) is 0 Å². The van der Waals surface area contributed by atoms with Crippen molar-refractivity contribution < 1.29 is 9.90 Å². The minimum atomic E-state index is -0.340. The first-order valence-corrected chi connectivity index (χ1v) is 8.24. The van der Waals surface area contributed by atoms with Gasteiger partial charge in [-0.1, -0.05) is 20.8 Å². The van der Waals surface area contributed by atoms with Crippen LogP contribution in [0.15, 0.2) is 0 Å². The third kappa shape index (κ3) is 7.67. The highest BCUT2D eigenvalue weighted by atomic mass is 16.3. The number of aliphatic hydroxyl groups excluding tert-OH is 1. The molecule has 2 unspecified atom stereocenters. The Labute approximate surface area is 129 Å². The zero-order chi connectivity index (χ0) is 15.9. The summed E-state index contributed by atoms with van der Waals surface area (Å²) < 4.78 is 0. The Morgan fingerprint density at radius 1 is 1.43 bits per heavy atom. The van der Waals surface area contributed by atoms with Crippen molar-refractivity contribution in [1.29, 1.82) is 0 Å². The van der Waals surface area contributed by atoms with E-state index in [9.17, 15) is 9.90 Å². The molecule has 0 saturated carbocycles. The maximum atomic E-state index is 11.8. The average Bonchev–Trinajstić information content (AvgIpc) is 2.81. The van der Waals surface area contributed by atoms with Crippen molar-refractivity contribution in [2.45, 2.75) is 53.1 Å². The first kappa shape index (κ1) is 18.2. The Morgan fingerprint density at radius 3 is 2.76 bits per heavy atom. The molecule has 1 heterocycles. The summed E-state index contributed by atoms with van der Waals surface area (Å²) in [7, 11) is 0. The molecule has 1 aliphatic heterocycles. The zero-order valence-corrected chi connectivity index (χ0v) is 14.1. The molecule has 0 radical (unpaired) electrons. The highest BCUT2D eigenvalue weighted by Gasteiger charge is 2.23. The van der Waals surface area contributed by atoms with Gasteiger partial charge in [-0.25, -0.2) is 4.79 Å². The lowest BCUT2D eigenvalue weighted by Gasteiger charge is -2.26. The van der Waals surface area contributed by atoms with E-state index in [-0.39, 0.29) is 17.6 Å². The molecule has 2 amide bonds. The van der Waals surface area contributed by atoms with Crippen molar-refractivity contribution in [3.8, 4) is 0 Å². The van der Waals surface area contributed by atoms with Gasteiger partial charge in [-0.3, -0.25) is 0 Å². The van der Waals surface area contributed by atoms with Gasteiger partial charge < -0.3 is 20.6 Å². The number of urea groups is 1. The number of carbonyl (C=O) groups is 1. The largest absolute Gasteiger partial charge is 0.393 e. The fraction of sp³-hybridized carbons (Fsp3) is 0.938. The molecule has 0 aromatic carbocycles. The highest BCUT2D eigenvalue weighted by molar-refractivity contribution is 5.73. The van der Waals surface area contributed by atoms with E-state index < -0.39 is 0 Å². The van der Waals surface area contributed by atoms with E-state index in [1.807, 2.05) is 0 Å². The quantitative estimate of drug-likeness (QED) is 0.640. The highest BCUT2D eigenvalue weighted by Crippen LogP contribution is 2.21. The Bertz CT molecular complexity index is 319. The van der Waals surface area contributed by atoms with Crippen LogP contribution in [-0.4, -0.2) is 54.9 Å². The average molecular weight is 299 g/mol. The predicted octanol–water partition coefficient (Wildman–Crippen LogP) is 1.81. The van der Waals surface area contributed by atoms with Gasteiger partial charge in [-0.2, -0.15) is 0 Å². The van der Waals surface area contributed by atoms with Crippen LogP contribution < -0.4 is 10.6 Å². The van der Waals surface area contributed by atoms with Gasteiger partial charge in [0.1, 0.15) is 0 Å². The van der Waals surface area contributed by atoms with Gasteiger partial charge in [0.15, 0.2) is 0 Å². The first-order chi connectivity index (χ1) is 9.82. The Hall–Kier alpha value is -0.810. The van der Waals surface area contributed by atoms with Crippen molar-refractivity contribution in [3.05, 3.63) is 0 Å². The van der Waals surface area contributed by atoms with Crippen LogP contribution in [0.25, 0.3) is 0 Å². The number of nitrogens with one attached hydrogen (secondary N) is 2. The lowest BCUT2D eigenvalue weighted by atomic mass is 9.87. The fourth-order valence-corrected chi connectivity index (χ4v) is 3.09. The molecule has 3 N–H and O–H groups in total. The summed E-state index contributed by atoms with van der Waals surface area (Å²) in [4.78, 5) is 14.3. The molecule has 0 aromatic rings. The van der Waals surface area contributed by atoms with Gasteiger partial charge in [-0.05, 0) is 50.6 Å². The molecular weight excluding hydrogens is 266 g/mol. The summed E-state index contributed by atoms with van der Waals surface area (Å²) >= 11 is 0. The van der Waals surface area contributed by atoms with Crippen LogP contribution in [0, 0.1) is 11.3 Å². The van der Waals surface area contributed by atoms with Crippen LogP contribution in [0.1, 0.15) is 47.0 Å². The van der Waals surface area contributed by atoms with Crippen LogP contribution >= 0.6 is 0 Å². The van der Waals surface area contributed by atoms with E-state index in [1.165, 1.54) is 12.8 Å². The SMILES string of the molecule is CCCN1CCC(CNC(=O)NCC(C)(C)CC(C)O)C1. The van der Waals surface area contributed by atoms with Crippen molar-refractivity contribution in [2.75, 3.05) is 32.7 Å². The normalized spacial score (nSPS) is 21.3. The van der Waals surface area contributed by atoms with Crippen molar-refractivity contribution in [1.82, 2.24) is 15.5 Å². The molecule has 5 heteroatoms. The number of rotatable bonds is 8. The smallest absolute Gasteiger partial charge is 0.314 e. The van der Waals surface area contributed by atoms with Gasteiger partial charge >= 0.3 is 6.03 Å². The predicted molar refractivity (Wildman–Crippen MR) is 86.3 cm³/mol. The van der Waals surface area contributed by atoms with E-state index in [0.717, 1.165) is 26.2 Å². The molecule has 0 spiro atoms. The minimum Gasteiger partial charge on any atom is -0.393 e. The molecule has 2 atom stereocenters. The van der Waals surface area contributed by atoms with Crippen molar-refractivity contribution in [2.24, 2.45) is 11.3 Å². The van der Waals surface area contributed by atoms with Crippen molar-refractivity contribution in [3.63, 3.8) is 0 Å². The number of likely N-dealkylation sites (tertiary alicyclic amines) is 1. The van der Waals surface area contributed by atoms with E-state index >= 15 is 0 Å². The Balaban J connectivity index is 2.17. The minimum absolute atomic E-state index is 0.0865. The van der Waals surface area contributed by atoms with Gasteiger partial charge in [0.2, 0.25) is 0 Å². The molecule has 0 aromatic heterocycles. The van der Waals surface area contributed by atoms with E-state index in [2.05, 4.69) is 36.3 Å². The van der Waals surface area contributed by atoms with Gasteiger partial charge in [0.25, 0.3) is 0 Å². The number of nitrogens with zero attached hydrogens (tertiary/aromatic N) is 1. The molecule has 0 bridgehead atoms. The number of hydrogen-bond donors (Lipinski definition) is 3. The Kier molecular flexibility index (Phi) is 7.46. The van der Waals surface area contributed by atoms with Crippen LogP contribution in [0.4, 0.5) is 4.79 Å².